The number of hydrogen-bond donors (Lipinski definition) is 0. The Morgan fingerprint density at radius 2 is 2.23 bits per heavy atom. The highest BCUT2D eigenvalue weighted by Crippen LogP contribution is 2.35. The molecule has 0 amide bonds. The fourth-order valence-corrected chi connectivity index (χ4v) is 4.18. The van der Waals surface area contributed by atoms with Gasteiger partial charge in [-0.3, -0.25) is 0 Å². The molecule has 0 aliphatic rings. The molecule has 1 aromatic heterocycles. The summed E-state index contributed by atoms with van der Waals surface area (Å²) in [5, 5.41) is 3.58. The fraction of sp³-hybridized carbons (Fsp3) is 0.200. The van der Waals surface area contributed by atoms with Crippen molar-refractivity contribution in [1.29, 1.82) is 0 Å². The minimum absolute atomic E-state index is 1.39. The van der Waals surface area contributed by atoms with Crippen molar-refractivity contribution in [3.05, 3.63) is 26.6 Å². The van der Waals surface area contributed by atoms with E-state index < -0.39 is 0 Å². The topological polar surface area (TPSA) is 0 Å². The highest BCUT2D eigenvalue weighted by atomic mass is 127. The van der Waals surface area contributed by atoms with Gasteiger partial charge in [-0.2, -0.15) is 0 Å². The molecule has 1 aromatic carbocycles. The van der Waals surface area contributed by atoms with Crippen molar-refractivity contribution in [2.24, 2.45) is 0 Å². The first-order valence-electron chi connectivity index (χ1n) is 3.94. The zero-order valence-corrected chi connectivity index (χ0v) is 11.2. The van der Waals surface area contributed by atoms with Crippen LogP contribution in [0, 0.1) is 10.5 Å². The Bertz CT molecular complexity index is 445. The average Bonchev–Trinajstić information content (AvgIpc) is 2.54. The van der Waals surface area contributed by atoms with E-state index in [1.165, 1.54) is 24.1 Å². The Morgan fingerprint density at radius 1 is 1.46 bits per heavy atom. The molecule has 13 heavy (non-hydrogen) atoms. The summed E-state index contributed by atoms with van der Waals surface area (Å²) in [5.41, 5.74) is 1.39. The smallest absolute Gasteiger partial charge is 0.0357 e. The normalized spacial score (nSPS) is 11.0. The predicted molar refractivity (Wildman–Crippen MR) is 71.1 cm³/mol. The van der Waals surface area contributed by atoms with E-state index in [9.17, 15) is 0 Å². The van der Waals surface area contributed by atoms with Crippen LogP contribution in [0.25, 0.3) is 10.1 Å². The van der Waals surface area contributed by atoms with Gasteiger partial charge in [0, 0.05) is 18.6 Å². The molecule has 0 aliphatic carbocycles. The molecule has 0 saturated heterocycles. The summed E-state index contributed by atoms with van der Waals surface area (Å²) in [7, 11) is 0. The summed E-state index contributed by atoms with van der Waals surface area (Å²) in [5.74, 6) is 0. The number of thioether (sulfide) groups is 1. The van der Waals surface area contributed by atoms with Gasteiger partial charge in [-0.1, -0.05) is 0 Å². The van der Waals surface area contributed by atoms with Crippen molar-refractivity contribution < 1.29 is 0 Å². The van der Waals surface area contributed by atoms with Crippen LogP contribution >= 0.6 is 45.7 Å². The quantitative estimate of drug-likeness (QED) is 0.549. The van der Waals surface area contributed by atoms with Gasteiger partial charge in [-0.05, 0) is 58.8 Å². The van der Waals surface area contributed by atoms with Crippen molar-refractivity contribution >= 4 is 55.8 Å². The van der Waals surface area contributed by atoms with Gasteiger partial charge in [-0.25, -0.2) is 0 Å². The molecule has 0 spiro atoms. The van der Waals surface area contributed by atoms with Gasteiger partial charge in [-0.15, -0.1) is 23.1 Å². The number of aryl methyl sites for hydroxylation is 1. The Hall–Kier alpha value is 0.260. The molecule has 3 heteroatoms. The SMILES string of the molecule is CSc1c(I)c(C)cc2sccc12. The summed E-state index contributed by atoms with van der Waals surface area (Å²) in [6.07, 6.45) is 2.15. The number of benzene rings is 1. The Morgan fingerprint density at radius 3 is 2.92 bits per heavy atom. The van der Waals surface area contributed by atoms with E-state index in [-0.39, 0.29) is 0 Å². The summed E-state index contributed by atoms with van der Waals surface area (Å²) in [4.78, 5) is 1.43. The van der Waals surface area contributed by atoms with Crippen LogP contribution in [0.5, 0.6) is 0 Å². The number of thiophene rings is 1. The zero-order valence-electron chi connectivity index (χ0n) is 7.43. The lowest BCUT2D eigenvalue weighted by atomic mass is 10.2. The van der Waals surface area contributed by atoms with Crippen LogP contribution in [-0.4, -0.2) is 6.26 Å². The van der Waals surface area contributed by atoms with Crippen LogP contribution < -0.4 is 0 Å². The van der Waals surface area contributed by atoms with E-state index in [1.807, 2.05) is 23.1 Å². The van der Waals surface area contributed by atoms with Gasteiger partial charge in [0.15, 0.2) is 0 Å². The molecule has 0 nitrogen and oxygen atoms in total. The van der Waals surface area contributed by atoms with Gasteiger partial charge in [0.05, 0.1) is 0 Å². The van der Waals surface area contributed by atoms with Crippen molar-refractivity contribution in [1.82, 2.24) is 0 Å². The van der Waals surface area contributed by atoms with E-state index in [0.717, 1.165) is 0 Å². The van der Waals surface area contributed by atoms with E-state index in [1.54, 1.807) is 0 Å². The first kappa shape index (κ1) is 9.80. The average molecular weight is 320 g/mol. The van der Waals surface area contributed by atoms with Crippen molar-refractivity contribution in [3.63, 3.8) is 0 Å². The highest BCUT2D eigenvalue weighted by molar-refractivity contribution is 14.1. The van der Waals surface area contributed by atoms with Crippen molar-refractivity contribution in [3.8, 4) is 0 Å². The molecule has 0 unspecified atom stereocenters. The standard InChI is InChI=1S/C10H9IS2/c1-6-5-8-7(3-4-13-8)10(12-2)9(6)11/h3-5H,1-2H3. The van der Waals surface area contributed by atoms with Gasteiger partial charge in [0.25, 0.3) is 0 Å². The number of rotatable bonds is 1. The van der Waals surface area contributed by atoms with Crippen LogP contribution in [0.15, 0.2) is 22.4 Å². The van der Waals surface area contributed by atoms with Crippen LogP contribution in [0.4, 0.5) is 0 Å². The Balaban J connectivity index is 2.87. The molecule has 0 bridgehead atoms. The first-order chi connectivity index (χ1) is 6.24. The molecule has 0 N–H and O–H groups in total. The third-order valence-corrected chi connectivity index (χ3v) is 5.49. The van der Waals surface area contributed by atoms with E-state index in [2.05, 4.69) is 53.3 Å². The maximum Gasteiger partial charge on any atom is 0.0357 e. The molecule has 0 aliphatic heterocycles. The molecular formula is C10H9IS2. The lowest BCUT2D eigenvalue weighted by Gasteiger charge is -2.05. The molecule has 0 fully saturated rings. The largest absolute Gasteiger partial charge is 0.144 e. The third kappa shape index (κ3) is 1.62. The maximum atomic E-state index is 2.43. The van der Waals surface area contributed by atoms with Crippen LogP contribution in [0.2, 0.25) is 0 Å². The van der Waals surface area contributed by atoms with Crippen LogP contribution in [0.1, 0.15) is 5.56 Å². The summed E-state index contributed by atoms with van der Waals surface area (Å²) in [6, 6.07) is 4.49. The second-order valence-corrected chi connectivity index (χ2v) is 5.72. The monoisotopic (exact) mass is 320 g/mol. The third-order valence-electron chi connectivity index (χ3n) is 2.04. The van der Waals surface area contributed by atoms with Crippen LogP contribution in [-0.2, 0) is 0 Å². The van der Waals surface area contributed by atoms with Gasteiger partial charge in [0.2, 0.25) is 0 Å². The number of hydrogen-bond acceptors (Lipinski definition) is 2. The molecule has 0 atom stereocenters. The summed E-state index contributed by atoms with van der Waals surface area (Å²) in [6.45, 7) is 2.18. The minimum atomic E-state index is 1.39. The summed E-state index contributed by atoms with van der Waals surface area (Å²) < 4.78 is 2.80. The first-order valence-corrected chi connectivity index (χ1v) is 7.12. The lowest BCUT2D eigenvalue weighted by Crippen LogP contribution is -1.84. The molecule has 0 saturated carbocycles. The molecule has 2 rings (SSSR count). The second-order valence-electron chi connectivity index (χ2n) is 2.87. The second kappa shape index (κ2) is 3.79. The Kier molecular flexibility index (Phi) is 2.86. The number of fused-ring (bicyclic) bond motifs is 1. The molecular weight excluding hydrogens is 311 g/mol. The molecule has 68 valence electrons. The minimum Gasteiger partial charge on any atom is -0.144 e. The summed E-state index contributed by atoms with van der Waals surface area (Å²) >= 11 is 6.10. The molecule has 1 heterocycles. The van der Waals surface area contributed by atoms with Crippen molar-refractivity contribution in [2.45, 2.75) is 11.8 Å². The van der Waals surface area contributed by atoms with E-state index in [0.29, 0.717) is 0 Å². The lowest BCUT2D eigenvalue weighted by molar-refractivity contribution is 1.37. The van der Waals surface area contributed by atoms with E-state index >= 15 is 0 Å². The predicted octanol–water partition coefficient (Wildman–Crippen LogP) is 4.54. The maximum absolute atomic E-state index is 2.43. The van der Waals surface area contributed by atoms with Gasteiger partial charge < -0.3 is 0 Å². The van der Waals surface area contributed by atoms with Gasteiger partial charge >= 0.3 is 0 Å². The highest BCUT2D eigenvalue weighted by Gasteiger charge is 2.08. The van der Waals surface area contributed by atoms with Crippen molar-refractivity contribution in [2.75, 3.05) is 6.26 Å². The Labute approximate surface area is 99.9 Å². The fourth-order valence-electron chi connectivity index (χ4n) is 1.38. The molecule has 0 radical (unpaired) electrons. The van der Waals surface area contributed by atoms with E-state index in [4.69, 9.17) is 0 Å². The van der Waals surface area contributed by atoms with Gasteiger partial charge in [0.1, 0.15) is 0 Å². The number of halogens is 1. The zero-order chi connectivity index (χ0) is 9.42. The van der Waals surface area contributed by atoms with Crippen LogP contribution in [0.3, 0.4) is 0 Å². The molecule has 2 aromatic rings.